The van der Waals surface area contributed by atoms with Crippen LogP contribution in [0, 0.1) is 27.2 Å². The van der Waals surface area contributed by atoms with Crippen molar-refractivity contribution in [3.63, 3.8) is 0 Å². The number of nitrogens with one attached hydrogen (secondary N) is 1. The zero-order valence-electron chi connectivity index (χ0n) is 15.3. The topological polar surface area (TPSA) is 146 Å². The first-order valence-corrected chi connectivity index (χ1v) is 9.37. The lowest BCUT2D eigenvalue weighted by Gasteiger charge is -2.05. The van der Waals surface area contributed by atoms with E-state index < -0.39 is 15.8 Å². The van der Waals surface area contributed by atoms with Gasteiger partial charge in [0.25, 0.3) is 23.2 Å². The molecule has 0 atom stereocenters. The number of hydrogen-bond acceptors (Lipinski definition) is 8. The standard InChI is InChI=1S/C18H12N6O5S/c1-10-13(3-2-4-14(10)24(28)29)16(25)19-17-20-18-22(21-17)15(9-30-18)11-5-7-12(8-6-11)23(26)27/h2-9H,1H3,(H,19,21,25). The zero-order chi connectivity index (χ0) is 21.4. The molecule has 11 nitrogen and oxygen atoms in total. The fourth-order valence-corrected chi connectivity index (χ4v) is 3.75. The number of nitrogens with zero attached hydrogens (tertiary/aromatic N) is 5. The number of non-ortho nitro benzene ring substituents is 1. The molecule has 12 heteroatoms. The highest BCUT2D eigenvalue weighted by atomic mass is 32.1. The van der Waals surface area contributed by atoms with E-state index in [1.165, 1.54) is 53.1 Å². The smallest absolute Gasteiger partial charge is 0.273 e. The highest BCUT2D eigenvalue weighted by molar-refractivity contribution is 7.15. The third kappa shape index (κ3) is 3.35. The SMILES string of the molecule is Cc1c(C(=O)Nc2nc3scc(-c4ccc([N+](=O)[O-])cc4)n3n2)cccc1[N+](=O)[O-]. The van der Waals surface area contributed by atoms with Gasteiger partial charge in [-0.05, 0) is 25.1 Å². The third-order valence-electron chi connectivity index (χ3n) is 4.43. The van der Waals surface area contributed by atoms with Crippen LogP contribution in [0.25, 0.3) is 16.2 Å². The van der Waals surface area contributed by atoms with Crippen LogP contribution in [0.3, 0.4) is 0 Å². The van der Waals surface area contributed by atoms with E-state index >= 15 is 0 Å². The number of hydrogen-bond donors (Lipinski definition) is 1. The summed E-state index contributed by atoms with van der Waals surface area (Å²) in [6.45, 7) is 1.50. The van der Waals surface area contributed by atoms with Crippen LogP contribution in [0.2, 0.25) is 0 Å². The molecule has 0 aliphatic rings. The molecule has 30 heavy (non-hydrogen) atoms. The summed E-state index contributed by atoms with van der Waals surface area (Å²) in [6, 6.07) is 10.2. The molecule has 1 N–H and O–H groups in total. The molecule has 0 aliphatic heterocycles. The number of nitro groups is 2. The molecule has 0 fully saturated rings. The van der Waals surface area contributed by atoms with Crippen LogP contribution in [0.5, 0.6) is 0 Å². The maximum absolute atomic E-state index is 12.6. The molecule has 2 aromatic carbocycles. The Hall–Kier alpha value is -4.19. The van der Waals surface area contributed by atoms with Crippen molar-refractivity contribution in [2.24, 2.45) is 0 Å². The molecule has 2 aromatic heterocycles. The predicted octanol–water partition coefficient (Wildman–Crippen LogP) is 3.83. The van der Waals surface area contributed by atoms with Crippen LogP contribution >= 0.6 is 11.3 Å². The second kappa shape index (κ2) is 7.33. The molecule has 2 heterocycles. The van der Waals surface area contributed by atoms with Crippen molar-refractivity contribution in [3.8, 4) is 11.3 Å². The average molecular weight is 424 g/mol. The van der Waals surface area contributed by atoms with Crippen LogP contribution in [-0.2, 0) is 0 Å². The first-order chi connectivity index (χ1) is 14.3. The van der Waals surface area contributed by atoms with Gasteiger partial charge in [-0.2, -0.15) is 4.98 Å². The maximum atomic E-state index is 12.6. The number of carbonyl (C=O) groups excluding carboxylic acids is 1. The van der Waals surface area contributed by atoms with Crippen molar-refractivity contribution in [3.05, 3.63) is 79.2 Å². The Morgan fingerprint density at radius 3 is 2.50 bits per heavy atom. The van der Waals surface area contributed by atoms with Gasteiger partial charge in [0.1, 0.15) is 0 Å². The number of thiazole rings is 1. The minimum atomic E-state index is -0.564. The third-order valence-corrected chi connectivity index (χ3v) is 5.24. The van der Waals surface area contributed by atoms with E-state index in [0.29, 0.717) is 16.2 Å². The summed E-state index contributed by atoms with van der Waals surface area (Å²) >= 11 is 1.29. The molecule has 4 rings (SSSR count). The van der Waals surface area contributed by atoms with Gasteiger partial charge in [0.05, 0.1) is 15.5 Å². The van der Waals surface area contributed by atoms with Gasteiger partial charge in [-0.1, -0.05) is 6.07 Å². The minimum absolute atomic E-state index is 0.0240. The first kappa shape index (κ1) is 19.1. The number of anilines is 1. The molecule has 150 valence electrons. The largest absolute Gasteiger partial charge is 0.289 e. The monoisotopic (exact) mass is 424 g/mol. The molecular weight excluding hydrogens is 412 g/mol. The number of carbonyl (C=O) groups is 1. The summed E-state index contributed by atoms with van der Waals surface area (Å²) < 4.78 is 1.52. The lowest BCUT2D eigenvalue weighted by atomic mass is 10.1. The van der Waals surface area contributed by atoms with E-state index in [4.69, 9.17) is 0 Å². The molecule has 0 saturated heterocycles. The van der Waals surface area contributed by atoms with E-state index in [0.717, 1.165) is 0 Å². The molecular formula is C18H12N6O5S. The number of aromatic nitrogens is 3. The summed E-state index contributed by atoms with van der Waals surface area (Å²) in [7, 11) is 0. The Labute approximate surface area is 171 Å². The predicted molar refractivity (Wildman–Crippen MR) is 109 cm³/mol. The van der Waals surface area contributed by atoms with Gasteiger partial charge in [0, 0.05) is 40.3 Å². The number of fused-ring (bicyclic) bond motifs is 1. The minimum Gasteiger partial charge on any atom is -0.289 e. The Morgan fingerprint density at radius 1 is 1.10 bits per heavy atom. The van der Waals surface area contributed by atoms with Gasteiger partial charge >= 0.3 is 0 Å². The number of benzene rings is 2. The maximum Gasteiger partial charge on any atom is 0.273 e. The molecule has 0 bridgehead atoms. The van der Waals surface area contributed by atoms with Crippen molar-refractivity contribution in [2.45, 2.75) is 6.92 Å². The van der Waals surface area contributed by atoms with Crippen molar-refractivity contribution in [1.29, 1.82) is 0 Å². The average Bonchev–Trinajstić information content (AvgIpc) is 3.28. The Balaban J connectivity index is 1.63. The summed E-state index contributed by atoms with van der Waals surface area (Å²) in [5.41, 5.74) is 1.57. The van der Waals surface area contributed by atoms with Crippen LogP contribution in [0.1, 0.15) is 15.9 Å². The second-order valence-electron chi connectivity index (χ2n) is 6.22. The number of nitro benzene ring substituents is 2. The fraction of sp³-hybridized carbons (Fsp3) is 0.0556. The Morgan fingerprint density at radius 2 is 1.83 bits per heavy atom. The van der Waals surface area contributed by atoms with Gasteiger partial charge in [0.15, 0.2) is 0 Å². The second-order valence-corrected chi connectivity index (χ2v) is 7.05. The number of amides is 1. The Bertz CT molecular complexity index is 1310. The Kier molecular flexibility index (Phi) is 4.68. The summed E-state index contributed by atoms with van der Waals surface area (Å²) in [5, 5.41) is 30.5. The van der Waals surface area contributed by atoms with Crippen molar-refractivity contribution in [2.75, 3.05) is 5.32 Å². The van der Waals surface area contributed by atoms with Crippen molar-refractivity contribution >= 4 is 39.5 Å². The normalized spacial score (nSPS) is 10.8. The first-order valence-electron chi connectivity index (χ1n) is 8.49. The zero-order valence-corrected chi connectivity index (χ0v) is 16.1. The van der Waals surface area contributed by atoms with E-state index in [9.17, 15) is 25.0 Å². The molecule has 4 aromatic rings. The summed E-state index contributed by atoms with van der Waals surface area (Å²) in [5.74, 6) is -0.521. The molecule has 0 unspecified atom stereocenters. The fourth-order valence-electron chi connectivity index (χ4n) is 2.92. The van der Waals surface area contributed by atoms with Crippen molar-refractivity contribution in [1.82, 2.24) is 14.6 Å². The van der Waals surface area contributed by atoms with E-state index in [2.05, 4.69) is 15.4 Å². The van der Waals surface area contributed by atoms with E-state index in [1.807, 2.05) is 0 Å². The summed E-state index contributed by atoms with van der Waals surface area (Å²) in [6.07, 6.45) is 0. The summed E-state index contributed by atoms with van der Waals surface area (Å²) in [4.78, 5) is 38.2. The van der Waals surface area contributed by atoms with Crippen molar-refractivity contribution < 1.29 is 14.6 Å². The van der Waals surface area contributed by atoms with Gasteiger partial charge in [0.2, 0.25) is 4.96 Å². The molecule has 0 aliphatic carbocycles. The lowest BCUT2D eigenvalue weighted by Crippen LogP contribution is -2.15. The molecule has 1 amide bonds. The highest BCUT2D eigenvalue weighted by Gasteiger charge is 2.20. The van der Waals surface area contributed by atoms with E-state index in [-0.39, 0.29) is 28.5 Å². The van der Waals surface area contributed by atoms with Crippen LogP contribution in [0.4, 0.5) is 17.3 Å². The van der Waals surface area contributed by atoms with Gasteiger partial charge in [-0.25, -0.2) is 4.52 Å². The molecule has 0 saturated carbocycles. The highest BCUT2D eigenvalue weighted by Crippen LogP contribution is 2.28. The van der Waals surface area contributed by atoms with Crippen LogP contribution < -0.4 is 5.32 Å². The number of rotatable bonds is 5. The van der Waals surface area contributed by atoms with Crippen LogP contribution in [-0.4, -0.2) is 30.4 Å². The van der Waals surface area contributed by atoms with E-state index in [1.54, 1.807) is 17.5 Å². The quantitative estimate of drug-likeness (QED) is 0.378. The van der Waals surface area contributed by atoms with Gasteiger partial charge < -0.3 is 0 Å². The molecule has 0 spiro atoms. The lowest BCUT2D eigenvalue weighted by molar-refractivity contribution is -0.385. The molecule has 0 radical (unpaired) electrons. The van der Waals surface area contributed by atoms with Gasteiger partial charge in [-0.3, -0.25) is 30.3 Å². The van der Waals surface area contributed by atoms with Gasteiger partial charge in [-0.15, -0.1) is 16.4 Å². The van der Waals surface area contributed by atoms with Crippen LogP contribution in [0.15, 0.2) is 47.8 Å².